The van der Waals surface area contributed by atoms with Gasteiger partial charge < -0.3 is 9.64 Å². The first-order chi connectivity index (χ1) is 16.3. The normalized spacial score (nSPS) is 17.4. The average Bonchev–Trinajstić information content (AvgIpc) is 2.85. The number of hydrogen-bond acceptors (Lipinski definition) is 4. The SMILES string of the molecule is CC/C=C/c1ccccc1OC.CC1CCC(C)CC1.Cc1nc(N(C)C)c2ccccc2n1. The van der Waals surface area contributed by atoms with Gasteiger partial charge in [-0.1, -0.05) is 88.9 Å². The molecule has 0 unspecified atom stereocenters. The lowest BCUT2D eigenvalue weighted by Crippen LogP contribution is -2.12. The zero-order chi connectivity index (χ0) is 24.9. The van der Waals surface area contributed by atoms with Crippen molar-refractivity contribution in [3.05, 3.63) is 66.0 Å². The van der Waals surface area contributed by atoms with E-state index < -0.39 is 0 Å². The van der Waals surface area contributed by atoms with E-state index in [0.29, 0.717) is 0 Å². The number of nitrogens with zero attached hydrogens (tertiary/aromatic N) is 3. The van der Waals surface area contributed by atoms with Crippen LogP contribution in [0.2, 0.25) is 0 Å². The van der Waals surface area contributed by atoms with Gasteiger partial charge in [-0.05, 0) is 43.4 Å². The molecule has 0 spiro atoms. The monoisotopic (exact) mass is 461 g/mol. The van der Waals surface area contributed by atoms with Crippen LogP contribution in [0.15, 0.2) is 54.6 Å². The van der Waals surface area contributed by atoms with Crippen LogP contribution in [-0.4, -0.2) is 31.2 Å². The van der Waals surface area contributed by atoms with E-state index in [-0.39, 0.29) is 0 Å². The Morgan fingerprint density at radius 2 is 1.50 bits per heavy atom. The average molecular weight is 462 g/mol. The Hall–Kier alpha value is -2.88. The van der Waals surface area contributed by atoms with E-state index >= 15 is 0 Å². The number of anilines is 1. The summed E-state index contributed by atoms with van der Waals surface area (Å²) < 4.78 is 5.19. The lowest BCUT2D eigenvalue weighted by Gasteiger charge is -2.22. The van der Waals surface area contributed by atoms with Crippen molar-refractivity contribution < 1.29 is 4.74 Å². The van der Waals surface area contributed by atoms with E-state index in [2.05, 4.69) is 42.9 Å². The van der Waals surface area contributed by atoms with E-state index in [9.17, 15) is 0 Å². The zero-order valence-electron chi connectivity index (χ0n) is 22.2. The molecule has 2 aromatic carbocycles. The largest absolute Gasteiger partial charge is 0.496 e. The summed E-state index contributed by atoms with van der Waals surface area (Å²) in [7, 11) is 5.68. The molecule has 1 heterocycles. The van der Waals surface area contributed by atoms with Gasteiger partial charge in [0.1, 0.15) is 17.4 Å². The second-order valence-corrected chi connectivity index (χ2v) is 9.42. The van der Waals surface area contributed by atoms with Crippen molar-refractivity contribution in [1.82, 2.24) is 9.97 Å². The van der Waals surface area contributed by atoms with Crippen LogP contribution in [0.25, 0.3) is 17.0 Å². The highest BCUT2D eigenvalue weighted by molar-refractivity contribution is 5.89. The third-order valence-corrected chi connectivity index (χ3v) is 6.10. The molecular weight excluding hydrogens is 418 g/mol. The van der Waals surface area contributed by atoms with Crippen LogP contribution in [0.4, 0.5) is 5.82 Å². The predicted octanol–water partition coefficient (Wildman–Crippen LogP) is 7.96. The Balaban J connectivity index is 0.000000187. The van der Waals surface area contributed by atoms with Crippen LogP contribution < -0.4 is 9.64 Å². The predicted molar refractivity (Wildman–Crippen MR) is 148 cm³/mol. The first-order valence-corrected chi connectivity index (χ1v) is 12.6. The van der Waals surface area contributed by atoms with Crippen molar-refractivity contribution in [2.24, 2.45) is 11.8 Å². The second kappa shape index (κ2) is 14.4. The Labute approximate surface area is 207 Å². The molecule has 34 heavy (non-hydrogen) atoms. The number of rotatable bonds is 4. The van der Waals surface area contributed by atoms with Gasteiger partial charge in [0.15, 0.2) is 0 Å². The van der Waals surface area contributed by atoms with Crippen LogP contribution in [0.1, 0.15) is 64.3 Å². The summed E-state index contributed by atoms with van der Waals surface area (Å²) >= 11 is 0. The maximum atomic E-state index is 5.19. The first kappa shape index (κ1) is 27.4. The van der Waals surface area contributed by atoms with Crippen molar-refractivity contribution in [2.45, 2.75) is 59.8 Å². The number of methoxy groups -OCH3 is 1. The minimum atomic E-state index is 0.812. The molecule has 184 valence electrons. The standard InChI is InChI=1S/C11H13N3.C11H14O.C8H16/c1-8-12-10-7-5-4-6-9(10)11(13-8)14(2)3;1-3-4-7-10-8-5-6-9-11(10)12-2;1-7-3-5-8(2)6-4-7/h4-7H,1-3H3;4-9H,3H2,1-2H3;7-8H,3-6H2,1-2H3/b;7-4+;. The van der Waals surface area contributed by atoms with Crippen molar-refractivity contribution >= 4 is 22.8 Å². The van der Waals surface area contributed by atoms with Crippen molar-refractivity contribution in [3.8, 4) is 5.75 Å². The van der Waals surface area contributed by atoms with Crippen molar-refractivity contribution in [1.29, 1.82) is 0 Å². The third kappa shape index (κ3) is 8.81. The number of aromatic nitrogens is 2. The maximum absolute atomic E-state index is 5.19. The lowest BCUT2D eigenvalue weighted by molar-refractivity contribution is 0.308. The molecule has 0 bridgehead atoms. The van der Waals surface area contributed by atoms with Gasteiger partial charge in [-0.25, -0.2) is 9.97 Å². The van der Waals surface area contributed by atoms with Crippen LogP contribution in [0.3, 0.4) is 0 Å². The second-order valence-electron chi connectivity index (χ2n) is 9.42. The molecular formula is C30H43N3O. The molecule has 0 amide bonds. The molecule has 1 aliphatic rings. The number of allylic oxidation sites excluding steroid dienone is 1. The summed E-state index contributed by atoms with van der Waals surface area (Å²) in [6, 6.07) is 16.1. The van der Waals surface area contributed by atoms with E-state index in [4.69, 9.17) is 4.74 Å². The van der Waals surface area contributed by atoms with Gasteiger partial charge in [-0.2, -0.15) is 0 Å². The Bertz CT molecular complexity index is 1010. The summed E-state index contributed by atoms with van der Waals surface area (Å²) in [5, 5.41) is 1.10. The first-order valence-electron chi connectivity index (χ1n) is 12.6. The fourth-order valence-electron chi connectivity index (χ4n) is 3.99. The van der Waals surface area contributed by atoms with E-state index in [1.54, 1.807) is 7.11 Å². The number of benzene rings is 2. The number of aryl methyl sites for hydroxylation is 1. The molecule has 0 radical (unpaired) electrons. The molecule has 4 rings (SSSR count). The van der Waals surface area contributed by atoms with Gasteiger partial charge in [0, 0.05) is 25.0 Å². The molecule has 1 saturated carbocycles. The van der Waals surface area contributed by atoms with Crippen LogP contribution in [0, 0.1) is 18.8 Å². The minimum Gasteiger partial charge on any atom is -0.496 e. The summed E-state index contributed by atoms with van der Waals surface area (Å²) in [6.45, 7) is 8.77. The Kier molecular flexibility index (Phi) is 11.6. The summed E-state index contributed by atoms with van der Waals surface area (Å²) in [5.74, 6) is 4.76. The molecule has 1 aliphatic carbocycles. The molecule has 0 saturated heterocycles. The van der Waals surface area contributed by atoms with Gasteiger partial charge in [0.25, 0.3) is 0 Å². The smallest absolute Gasteiger partial charge is 0.139 e. The van der Waals surface area contributed by atoms with Crippen LogP contribution in [0.5, 0.6) is 5.75 Å². The fourth-order valence-corrected chi connectivity index (χ4v) is 3.99. The van der Waals surface area contributed by atoms with Gasteiger partial charge >= 0.3 is 0 Å². The highest BCUT2D eigenvalue weighted by Gasteiger charge is 2.13. The zero-order valence-corrected chi connectivity index (χ0v) is 22.2. The molecule has 3 aromatic rings. The van der Waals surface area contributed by atoms with Gasteiger partial charge in [0.05, 0.1) is 12.6 Å². The van der Waals surface area contributed by atoms with Gasteiger partial charge in [0.2, 0.25) is 0 Å². The number of hydrogen-bond donors (Lipinski definition) is 0. The minimum absolute atomic E-state index is 0.812. The number of para-hydroxylation sites is 2. The highest BCUT2D eigenvalue weighted by Crippen LogP contribution is 2.27. The van der Waals surface area contributed by atoms with Crippen molar-refractivity contribution in [2.75, 3.05) is 26.1 Å². The Morgan fingerprint density at radius 3 is 2.09 bits per heavy atom. The number of ether oxygens (including phenoxy) is 1. The fraction of sp³-hybridized carbons (Fsp3) is 0.467. The quantitative estimate of drug-likeness (QED) is 0.395. The molecule has 1 fully saturated rings. The van der Waals surface area contributed by atoms with E-state index in [1.165, 1.54) is 25.7 Å². The van der Waals surface area contributed by atoms with Gasteiger partial charge in [-0.15, -0.1) is 0 Å². The van der Waals surface area contributed by atoms with Gasteiger partial charge in [-0.3, -0.25) is 0 Å². The van der Waals surface area contributed by atoms with Crippen molar-refractivity contribution in [3.63, 3.8) is 0 Å². The van der Waals surface area contributed by atoms with E-state index in [0.717, 1.165) is 52.1 Å². The summed E-state index contributed by atoms with van der Waals surface area (Å²) in [5.41, 5.74) is 2.14. The lowest BCUT2D eigenvalue weighted by atomic mass is 9.84. The molecule has 4 heteroatoms. The molecule has 0 aliphatic heterocycles. The molecule has 0 N–H and O–H groups in total. The van der Waals surface area contributed by atoms with Crippen LogP contribution in [-0.2, 0) is 0 Å². The topological polar surface area (TPSA) is 38.2 Å². The molecule has 4 nitrogen and oxygen atoms in total. The third-order valence-electron chi connectivity index (χ3n) is 6.10. The molecule has 0 atom stereocenters. The van der Waals surface area contributed by atoms with Crippen LogP contribution >= 0.6 is 0 Å². The summed E-state index contributed by atoms with van der Waals surface area (Å²) in [4.78, 5) is 10.8. The van der Waals surface area contributed by atoms with E-state index in [1.807, 2.05) is 74.4 Å². The summed E-state index contributed by atoms with van der Waals surface area (Å²) in [6.07, 6.45) is 11.2. The maximum Gasteiger partial charge on any atom is 0.139 e. The highest BCUT2D eigenvalue weighted by atomic mass is 16.5. The Morgan fingerprint density at radius 1 is 0.912 bits per heavy atom. The molecule has 1 aromatic heterocycles. The number of fused-ring (bicyclic) bond motifs is 1.